The van der Waals surface area contributed by atoms with Gasteiger partial charge >= 0.3 is 0 Å². The van der Waals surface area contributed by atoms with E-state index in [2.05, 4.69) is 40.8 Å². The Bertz CT molecular complexity index is 398. The Morgan fingerprint density at radius 1 is 1.62 bits per heavy atom. The van der Waals surface area contributed by atoms with Gasteiger partial charge in [-0.15, -0.1) is 0 Å². The van der Waals surface area contributed by atoms with Gasteiger partial charge in [0, 0.05) is 31.6 Å². The van der Waals surface area contributed by atoms with E-state index in [-0.39, 0.29) is 5.91 Å². The maximum atomic E-state index is 11.9. The fraction of sp³-hybridized carbons (Fsp3) is 0.583. The van der Waals surface area contributed by atoms with Crippen molar-refractivity contribution in [1.82, 2.24) is 9.88 Å². The van der Waals surface area contributed by atoms with E-state index in [9.17, 15) is 4.79 Å². The number of H-pyrrole nitrogens is 1. The molecule has 0 bridgehead atoms. The van der Waals surface area contributed by atoms with Crippen LogP contribution in [0.25, 0.3) is 0 Å². The molecular formula is C12H17BrN2O. The molecule has 0 saturated heterocycles. The highest BCUT2D eigenvalue weighted by atomic mass is 79.9. The van der Waals surface area contributed by atoms with E-state index in [1.54, 1.807) is 0 Å². The highest BCUT2D eigenvalue weighted by Crippen LogP contribution is 2.23. The predicted molar refractivity (Wildman–Crippen MR) is 67.1 cm³/mol. The zero-order valence-corrected chi connectivity index (χ0v) is 11.3. The molecule has 1 aromatic rings. The van der Waals surface area contributed by atoms with E-state index >= 15 is 0 Å². The molecule has 3 nitrogen and oxygen atoms in total. The van der Waals surface area contributed by atoms with Crippen molar-refractivity contribution in [3.8, 4) is 0 Å². The Balaban J connectivity index is 2.04. The molecule has 0 fully saturated rings. The number of carbonyl (C=O) groups is 1. The van der Waals surface area contributed by atoms with Crippen LogP contribution in [0.5, 0.6) is 0 Å². The molecule has 88 valence electrons. The second kappa shape index (κ2) is 4.62. The molecule has 0 aromatic carbocycles. The standard InChI is InChI=1S/C12H17BrN2O/c1-8(2)5-12(16)15-4-3-10-9(7-15)6-11(13)14-10/h6,8,14H,3-5,7H2,1-2H3. The van der Waals surface area contributed by atoms with Gasteiger partial charge in [-0.1, -0.05) is 13.8 Å². The topological polar surface area (TPSA) is 36.1 Å². The minimum atomic E-state index is 0.276. The van der Waals surface area contributed by atoms with Gasteiger partial charge in [0.15, 0.2) is 0 Å². The molecule has 0 aliphatic carbocycles. The number of rotatable bonds is 2. The molecule has 0 unspecified atom stereocenters. The van der Waals surface area contributed by atoms with Gasteiger partial charge in [0.1, 0.15) is 0 Å². The van der Waals surface area contributed by atoms with Gasteiger partial charge in [0.25, 0.3) is 0 Å². The first-order valence-corrected chi connectivity index (χ1v) is 6.49. The summed E-state index contributed by atoms with van der Waals surface area (Å²) in [6.45, 7) is 5.76. The van der Waals surface area contributed by atoms with Crippen molar-refractivity contribution >= 4 is 21.8 Å². The van der Waals surface area contributed by atoms with Crippen LogP contribution < -0.4 is 0 Å². The smallest absolute Gasteiger partial charge is 0.223 e. The molecule has 16 heavy (non-hydrogen) atoms. The quantitative estimate of drug-likeness (QED) is 0.891. The third-order valence-electron chi connectivity index (χ3n) is 2.89. The Morgan fingerprint density at radius 2 is 2.38 bits per heavy atom. The van der Waals surface area contributed by atoms with E-state index in [1.165, 1.54) is 11.3 Å². The number of fused-ring (bicyclic) bond motifs is 1. The van der Waals surface area contributed by atoms with Crippen molar-refractivity contribution < 1.29 is 4.79 Å². The molecule has 1 aliphatic rings. The van der Waals surface area contributed by atoms with E-state index in [4.69, 9.17) is 0 Å². The van der Waals surface area contributed by atoms with Crippen LogP contribution in [0, 0.1) is 5.92 Å². The molecule has 0 spiro atoms. The van der Waals surface area contributed by atoms with E-state index in [1.807, 2.05) is 4.90 Å². The van der Waals surface area contributed by atoms with Gasteiger partial charge in [-0.3, -0.25) is 4.79 Å². The number of aromatic nitrogens is 1. The van der Waals surface area contributed by atoms with Gasteiger partial charge in [0.2, 0.25) is 5.91 Å². The van der Waals surface area contributed by atoms with Gasteiger partial charge in [-0.25, -0.2) is 0 Å². The van der Waals surface area contributed by atoms with E-state index in [0.29, 0.717) is 12.3 Å². The summed E-state index contributed by atoms with van der Waals surface area (Å²) >= 11 is 3.43. The predicted octanol–water partition coefficient (Wildman–Crippen LogP) is 2.71. The van der Waals surface area contributed by atoms with Crippen molar-refractivity contribution in [2.24, 2.45) is 5.92 Å². The number of halogens is 1. The average molecular weight is 285 g/mol. The average Bonchev–Trinajstić information content (AvgIpc) is 2.55. The maximum absolute atomic E-state index is 11.9. The number of nitrogens with one attached hydrogen (secondary N) is 1. The van der Waals surface area contributed by atoms with Crippen LogP contribution in [0.15, 0.2) is 10.7 Å². The molecule has 1 amide bonds. The van der Waals surface area contributed by atoms with Crippen LogP contribution in [-0.4, -0.2) is 22.3 Å². The monoisotopic (exact) mass is 284 g/mol. The lowest BCUT2D eigenvalue weighted by atomic mass is 10.1. The van der Waals surface area contributed by atoms with Crippen molar-refractivity contribution in [2.75, 3.05) is 6.54 Å². The van der Waals surface area contributed by atoms with Crippen LogP contribution in [0.2, 0.25) is 0 Å². The lowest BCUT2D eigenvalue weighted by Crippen LogP contribution is -2.36. The van der Waals surface area contributed by atoms with Crippen LogP contribution in [0.3, 0.4) is 0 Å². The Hall–Kier alpha value is -0.770. The first-order valence-electron chi connectivity index (χ1n) is 5.70. The van der Waals surface area contributed by atoms with Crippen molar-refractivity contribution in [1.29, 1.82) is 0 Å². The highest BCUT2D eigenvalue weighted by molar-refractivity contribution is 9.10. The Morgan fingerprint density at radius 3 is 3.06 bits per heavy atom. The van der Waals surface area contributed by atoms with Crippen LogP contribution in [0.1, 0.15) is 31.5 Å². The first kappa shape index (κ1) is 11.7. The second-order valence-electron chi connectivity index (χ2n) is 4.78. The minimum Gasteiger partial charge on any atom is -0.353 e. The summed E-state index contributed by atoms with van der Waals surface area (Å²) in [5.74, 6) is 0.713. The largest absolute Gasteiger partial charge is 0.353 e. The fourth-order valence-corrected chi connectivity index (χ4v) is 2.60. The van der Waals surface area contributed by atoms with Gasteiger partial charge in [-0.2, -0.15) is 0 Å². The van der Waals surface area contributed by atoms with Gasteiger partial charge in [0.05, 0.1) is 4.60 Å². The summed E-state index contributed by atoms with van der Waals surface area (Å²) in [5.41, 5.74) is 2.51. The Labute approximate surface area is 104 Å². The first-order chi connectivity index (χ1) is 7.56. The lowest BCUT2D eigenvalue weighted by molar-refractivity contribution is -0.132. The number of nitrogens with zero attached hydrogens (tertiary/aromatic N) is 1. The number of aromatic amines is 1. The summed E-state index contributed by atoms with van der Waals surface area (Å²) in [4.78, 5) is 17.2. The van der Waals surface area contributed by atoms with Crippen molar-refractivity contribution in [2.45, 2.75) is 33.2 Å². The molecule has 1 N–H and O–H groups in total. The van der Waals surface area contributed by atoms with Crippen LogP contribution in [0.4, 0.5) is 0 Å². The van der Waals surface area contributed by atoms with Crippen LogP contribution in [-0.2, 0) is 17.8 Å². The molecule has 2 rings (SSSR count). The number of hydrogen-bond donors (Lipinski definition) is 1. The molecule has 2 heterocycles. The molecule has 0 atom stereocenters. The minimum absolute atomic E-state index is 0.276. The normalized spacial score (nSPS) is 15.4. The lowest BCUT2D eigenvalue weighted by Gasteiger charge is -2.27. The SMILES string of the molecule is CC(C)CC(=O)N1CCc2[nH]c(Br)cc2C1. The molecule has 0 radical (unpaired) electrons. The number of amides is 1. The third kappa shape index (κ3) is 2.48. The van der Waals surface area contributed by atoms with Gasteiger partial charge < -0.3 is 9.88 Å². The molecule has 1 aromatic heterocycles. The Kier molecular flexibility index (Phi) is 3.38. The van der Waals surface area contributed by atoms with E-state index in [0.717, 1.165) is 24.1 Å². The van der Waals surface area contributed by atoms with Crippen molar-refractivity contribution in [3.05, 3.63) is 21.9 Å². The zero-order chi connectivity index (χ0) is 11.7. The molecular weight excluding hydrogens is 268 g/mol. The summed E-state index contributed by atoms with van der Waals surface area (Å²) in [5, 5.41) is 0. The second-order valence-corrected chi connectivity index (χ2v) is 5.64. The summed E-state index contributed by atoms with van der Waals surface area (Å²) in [6, 6.07) is 2.07. The third-order valence-corrected chi connectivity index (χ3v) is 3.31. The van der Waals surface area contributed by atoms with Gasteiger partial charge in [-0.05, 0) is 33.5 Å². The number of hydrogen-bond acceptors (Lipinski definition) is 1. The number of carbonyl (C=O) groups excluding carboxylic acids is 1. The zero-order valence-electron chi connectivity index (χ0n) is 9.72. The van der Waals surface area contributed by atoms with Crippen LogP contribution >= 0.6 is 15.9 Å². The molecule has 0 saturated carbocycles. The maximum Gasteiger partial charge on any atom is 0.223 e. The molecule has 4 heteroatoms. The molecule has 1 aliphatic heterocycles. The highest BCUT2D eigenvalue weighted by Gasteiger charge is 2.22. The van der Waals surface area contributed by atoms with E-state index < -0.39 is 0 Å². The summed E-state index contributed by atoms with van der Waals surface area (Å²) < 4.78 is 1.01. The summed E-state index contributed by atoms with van der Waals surface area (Å²) in [7, 11) is 0. The van der Waals surface area contributed by atoms with Crippen molar-refractivity contribution in [3.63, 3.8) is 0 Å². The fourth-order valence-electron chi connectivity index (χ4n) is 2.09. The summed E-state index contributed by atoms with van der Waals surface area (Å²) in [6.07, 6.45) is 1.59.